The predicted octanol–water partition coefficient (Wildman–Crippen LogP) is 5.24. The van der Waals surface area contributed by atoms with Crippen LogP contribution in [0.4, 0.5) is 0 Å². The Morgan fingerprint density at radius 2 is 1.03 bits per heavy atom. The molecule has 4 aromatic rings. The van der Waals surface area contributed by atoms with Gasteiger partial charge in [0.2, 0.25) is 0 Å². The Balaban J connectivity index is 1.28. The van der Waals surface area contributed by atoms with Gasteiger partial charge >= 0.3 is 0 Å². The van der Waals surface area contributed by atoms with E-state index in [2.05, 4.69) is 96.0 Å². The van der Waals surface area contributed by atoms with Crippen molar-refractivity contribution >= 4 is 21.8 Å². The smallest absolute Gasteiger partial charge is 0.254 e. The number of hydrogen-bond donors (Lipinski definition) is 0. The number of aryl methyl sites for hydroxylation is 2. The molecule has 0 aliphatic carbocycles. The van der Waals surface area contributed by atoms with Gasteiger partial charge in [-0.15, -0.1) is 0 Å². The lowest BCUT2D eigenvalue weighted by atomic mass is 10.2. The van der Waals surface area contributed by atoms with E-state index >= 15 is 0 Å². The Hall–Kier alpha value is -3.14. The van der Waals surface area contributed by atoms with Gasteiger partial charge in [0.25, 0.3) is 11.0 Å². The first-order chi connectivity index (χ1) is 15.3. The molecule has 0 saturated carbocycles. The molecule has 0 saturated heterocycles. The summed E-state index contributed by atoms with van der Waals surface area (Å²) < 4.78 is 16.8. The third-order valence-corrected chi connectivity index (χ3v) is 5.70. The molecule has 160 valence electrons. The monoisotopic (exact) mass is 416 g/mol. The van der Waals surface area contributed by atoms with Crippen LogP contribution >= 0.6 is 0 Å². The summed E-state index contributed by atoms with van der Waals surface area (Å²) >= 11 is 0. The van der Waals surface area contributed by atoms with E-state index in [0.717, 1.165) is 57.1 Å². The van der Waals surface area contributed by atoms with E-state index in [1.54, 1.807) is 0 Å². The molecule has 0 aliphatic rings. The van der Waals surface area contributed by atoms with Crippen LogP contribution in [0.5, 0.6) is 11.5 Å². The summed E-state index contributed by atoms with van der Waals surface area (Å²) in [7, 11) is 0. The van der Waals surface area contributed by atoms with Crippen molar-refractivity contribution in [3.8, 4) is 11.5 Å². The van der Waals surface area contributed by atoms with Crippen molar-refractivity contribution in [2.75, 3.05) is 13.2 Å². The van der Waals surface area contributed by atoms with E-state index in [0.29, 0.717) is 0 Å². The fourth-order valence-electron chi connectivity index (χ4n) is 4.12. The second-order valence-corrected chi connectivity index (χ2v) is 7.73. The number of para-hydroxylation sites is 2. The highest BCUT2D eigenvalue weighted by Gasteiger charge is 2.14. The van der Waals surface area contributed by atoms with Crippen LogP contribution in [0.3, 0.4) is 0 Å². The Morgan fingerprint density at radius 1 is 0.581 bits per heavy atom. The van der Waals surface area contributed by atoms with Gasteiger partial charge in [-0.25, -0.2) is 0 Å². The first-order valence-corrected chi connectivity index (χ1v) is 11.4. The Morgan fingerprint density at radius 3 is 1.48 bits per heavy atom. The number of rotatable bonds is 10. The van der Waals surface area contributed by atoms with Crippen LogP contribution in [0.1, 0.15) is 33.1 Å². The summed E-state index contributed by atoms with van der Waals surface area (Å²) in [5.74, 6) is 1.94. The molecule has 0 fully saturated rings. The molecule has 31 heavy (non-hydrogen) atoms. The third kappa shape index (κ3) is 4.79. The van der Waals surface area contributed by atoms with Crippen molar-refractivity contribution in [3.05, 3.63) is 73.1 Å². The summed E-state index contributed by atoms with van der Waals surface area (Å²) in [5, 5.41) is 2.43. The van der Waals surface area contributed by atoms with Crippen LogP contribution in [-0.2, 0) is 13.1 Å². The third-order valence-electron chi connectivity index (χ3n) is 5.70. The summed E-state index contributed by atoms with van der Waals surface area (Å²) in [4.78, 5) is 0. The molecule has 2 heterocycles. The van der Waals surface area contributed by atoms with E-state index in [-0.39, 0.29) is 0 Å². The topological polar surface area (TPSA) is 26.2 Å². The molecule has 0 amide bonds. The second kappa shape index (κ2) is 10.3. The van der Waals surface area contributed by atoms with Crippen LogP contribution in [0.2, 0.25) is 0 Å². The van der Waals surface area contributed by atoms with E-state index in [1.807, 2.05) is 0 Å². The molecule has 4 nitrogen and oxygen atoms in total. The van der Waals surface area contributed by atoms with Crippen LogP contribution in [0, 0.1) is 0 Å². The minimum absolute atomic E-state index is 0.724. The fraction of sp³-hybridized carbons (Fsp3) is 0.333. The number of pyridine rings is 2. The quantitative estimate of drug-likeness (QED) is 0.261. The van der Waals surface area contributed by atoms with Crippen molar-refractivity contribution in [1.29, 1.82) is 0 Å². The maximum absolute atomic E-state index is 6.15. The van der Waals surface area contributed by atoms with Gasteiger partial charge < -0.3 is 9.47 Å². The zero-order valence-electron chi connectivity index (χ0n) is 18.6. The zero-order valence-corrected chi connectivity index (χ0v) is 18.6. The van der Waals surface area contributed by atoms with Crippen molar-refractivity contribution < 1.29 is 18.6 Å². The lowest BCUT2D eigenvalue weighted by Gasteiger charge is -2.09. The number of ether oxygens (including phenoxy) is 2. The van der Waals surface area contributed by atoms with E-state index in [4.69, 9.17) is 9.47 Å². The van der Waals surface area contributed by atoms with Gasteiger partial charge in [0.1, 0.15) is 13.1 Å². The maximum Gasteiger partial charge on any atom is 0.254 e. The summed E-state index contributed by atoms with van der Waals surface area (Å²) in [6.07, 6.45) is 7.34. The van der Waals surface area contributed by atoms with Crippen molar-refractivity contribution in [2.24, 2.45) is 0 Å². The summed E-state index contributed by atoms with van der Waals surface area (Å²) in [5.41, 5.74) is 2.35. The molecule has 0 aliphatic heterocycles. The Bertz CT molecular complexity index is 1050. The largest absolute Gasteiger partial charge is 0.487 e. The number of benzene rings is 2. The molecule has 0 atom stereocenters. The minimum Gasteiger partial charge on any atom is -0.487 e. The normalized spacial score (nSPS) is 11.2. The number of aromatic nitrogens is 2. The molecule has 2 aromatic heterocycles. The average molecular weight is 417 g/mol. The maximum atomic E-state index is 6.15. The molecule has 2 aromatic carbocycles. The molecule has 0 unspecified atom stereocenters. The number of hydrogen-bond acceptors (Lipinski definition) is 2. The van der Waals surface area contributed by atoms with Crippen LogP contribution in [-0.4, -0.2) is 13.2 Å². The number of nitrogens with zero attached hydrogens (tertiary/aromatic N) is 2. The SMILES string of the molecule is CC[n+]1cccc2cccc(OCCCCCOc3cccc4ccc[n+](CC)c34)c21. The molecule has 0 spiro atoms. The average Bonchev–Trinajstić information content (AvgIpc) is 2.82. The lowest BCUT2D eigenvalue weighted by molar-refractivity contribution is -0.668. The van der Waals surface area contributed by atoms with Crippen LogP contribution in [0.25, 0.3) is 21.8 Å². The van der Waals surface area contributed by atoms with Gasteiger partial charge in [0.05, 0.1) is 24.0 Å². The first-order valence-electron chi connectivity index (χ1n) is 11.4. The van der Waals surface area contributed by atoms with Gasteiger partial charge in [-0.3, -0.25) is 0 Å². The number of unbranched alkanes of at least 4 members (excludes halogenated alkanes) is 2. The fourth-order valence-corrected chi connectivity index (χ4v) is 4.12. The summed E-state index contributed by atoms with van der Waals surface area (Å²) in [6.45, 7) is 7.63. The summed E-state index contributed by atoms with van der Waals surface area (Å²) in [6, 6.07) is 21.0. The Labute approximate surface area is 184 Å². The van der Waals surface area contributed by atoms with Crippen molar-refractivity contribution in [3.63, 3.8) is 0 Å². The standard InChI is InChI=1S/C27H32N2O2/c1-3-28-18-10-14-22-12-8-16-24(26(22)28)30-20-6-5-7-21-31-25-17-9-13-23-15-11-19-29(4-2)27(23)25/h8-19H,3-7,20-21H2,1-2H3/q+2. The highest BCUT2D eigenvalue weighted by atomic mass is 16.5. The van der Waals surface area contributed by atoms with Gasteiger partial charge in [-0.1, -0.05) is 12.1 Å². The molecule has 0 radical (unpaired) electrons. The highest BCUT2D eigenvalue weighted by Crippen LogP contribution is 2.23. The minimum atomic E-state index is 0.724. The zero-order chi connectivity index (χ0) is 21.5. The van der Waals surface area contributed by atoms with Crippen molar-refractivity contribution in [2.45, 2.75) is 46.2 Å². The van der Waals surface area contributed by atoms with Gasteiger partial charge in [-0.05, 0) is 69.5 Å². The van der Waals surface area contributed by atoms with E-state index in [1.165, 1.54) is 21.8 Å². The highest BCUT2D eigenvalue weighted by molar-refractivity contribution is 5.82. The van der Waals surface area contributed by atoms with Crippen molar-refractivity contribution in [1.82, 2.24) is 0 Å². The lowest BCUT2D eigenvalue weighted by Crippen LogP contribution is -2.32. The van der Waals surface area contributed by atoms with E-state index in [9.17, 15) is 0 Å². The molecule has 0 N–H and O–H groups in total. The molecule has 0 bridgehead atoms. The van der Waals surface area contributed by atoms with Gasteiger partial charge in [-0.2, -0.15) is 9.13 Å². The molecular formula is C27H32N2O2+2. The molecule has 4 rings (SSSR count). The predicted molar refractivity (Wildman–Crippen MR) is 124 cm³/mol. The molecule has 4 heteroatoms. The first kappa shape index (κ1) is 21.1. The second-order valence-electron chi connectivity index (χ2n) is 7.73. The number of fused-ring (bicyclic) bond motifs is 2. The molecular weight excluding hydrogens is 384 g/mol. The van der Waals surface area contributed by atoms with Crippen LogP contribution in [0.15, 0.2) is 73.1 Å². The Kier molecular flexibility index (Phi) is 6.98. The van der Waals surface area contributed by atoms with Gasteiger partial charge in [0.15, 0.2) is 23.9 Å². The van der Waals surface area contributed by atoms with Crippen LogP contribution < -0.4 is 18.6 Å². The van der Waals surface area contributed by atoms with E-state index < -0.39 is 0 Å². The van der Waals surface area contributed by atoms with Gasteiger partial charge in [0, 0.05) is 12.1 Å².